The Morgan fingerprint density at radius 3 is 2.63 bits per heavy atom. The number of hydrogen-bond donors (Lipinski definition) is 3. The van der Waals surface area contributed by atoms with Crippen molar-refractivity contribution in [3.05, 3.63) is 70.3 Å². The van der Waals surface area contributed by atoms with Crippen LogP contribution in [0.25, 0.3) is 0 Å². The zero-order chi connectivity index (χ0) is 38.9. The summed E-state index contributed by atoms with van der Waals surface area (Å²) in [5, 5.41) is 20.5. The Morgan fingerprint density at radius 1 is 1.17 bits per heavy atom. The van der Waals surface area contributed by atoms with E-state index in [-0.39, 0.29) is 47.9 Å². The van der Waals surface area contributed by atoms with E-state index in [0.717, 1.165) is 68.4 Å². The van der Waals surface area contributed by atoms with Crippen LogP contribution in [0, 0.1) is 35.0 Å². The fourth-order valence-corrected chi connectivity index (χ4v) is 9.37. The molecule has 54 heavy (non-hydrogen) atoms. The molecule has 11 nitrogen and oxygen atoms in total. The average molecular weight is 756 g/mol. The predicted molar refractivity (Wildman–Crippen MR) is 197 cm³/mol. The lowest BCUT2D eigenvalue weighted by molar-refractivity contribution is -0.156. The number of alkyl halides is 2. The molecule has 0 bridgehead atoms. The summed E-state index contributed by atoms with van der Waals surface area (Å²) in [6, 6.07) is 1.14. The lowest BCUT2D eigenvalue weighted by Gasteiger charge is -2.44. The van der Waals surface area contributed by atoms with E-state index in [9.17, 15) is 33.4 Å². The van der Waals surface area contributed by atoms with Crippen LogP contribution < -0.4 is 11.4 Å². The van der Waals surface area contributed by atoms with Gasteiger partial charge in [0.2, 0.25) is 6.23 Å². The molecule has 0 radical (unpaired) electrons. The van der Waals surface area contributed by atoms with Crippen LogP contribution in [-0.2, 0) is 23.8 Å². The van der Waals surface area contributed by atoms with Gasteiger partial charge in [-0.05, 0) is 116 Å². The first kappa shape index (κ1) is 40.0. The van der Waals surface area contributed by atoms with Gasteiger partial charge in [0.15, 0.2) is 6.10 Å². The number of carbonyl (C=O) groups is 2. The number of fused-ring (bicyclic) bond motifs is 1. The standard InChI is InChI=1S/C41H55F2N3O8/c1-23(30-12-13-31-26(6-5-18-40(30,31)4)8-11-28-21-29(47)20-24(2)25(28)3)7-14-32(27-9-10-27)53-36(49)16-15-35(48)52-22-33-37(50)41(42,43)38(54-33)46-19-17-34(44)45-39(46)51/h7-8,11,14,17,19,23-24,27,29-33,37-38,47,50H,3,5-6,9-10,12-13,15-16,18,20-22H2,1-2,4H3,(H2,44,45,51)/b14-7+,26-8+,28-11-/t23-,24-,29-,30?,31?,32?,33?,37?,38?,40+/m0/s1. The van der Waals surface area contributed by atoms with Crippen LogP contribution in [0.2, 0.25) is 0 Å². The molecule has 1 aromatic rings. The van der Waals surface area contributed by atoms with Gasteiger partial charge in [-0.15, -0.1) is 0 Å². The predicted octanol–water partition coefficient (Wildman–Crippen LogP) is 5.97. The van der Waals surface area contributed by atoms with E-state index in [1.54, 1.807) is 0 Å². The molecule has 1 aromatic heterocycles. The van der Waals surface area contributed by atoms with Gasteiger partial charge in [-0.1, -0.05) is 51.2 Å². The van der Waals surface area contributed by atoms with Gasteiger partial charge in [-0.2, -0.15) is 13.8 Å². The molecule has 4 saturated carbocycles. The first-order valence-corrected chi connectivity index (χ1v) is 19.4. The maximum absolute atomic E-state index is 14.8. The zero-order valence-corrected chi connectivity index (χ0v) is 31.5. The molecule has 1 saturated heterocycles. The van der Waals surface area contributed by atoms with Gasteiger partial charge >= 0.3 is 23.6 Å². The number of ether oxygens (including phenoxy) is 3. The quantitative estimate of drug-likeness (QED) is 0.171. The molecule has 4 aliphatic carbocycles. The molecule has 10 atom stereocenters. The Morgan fingerprint density at radius 2 is 1.91 bits per heavy atom. The van der Waals surface area contributed by atoms with Crippen molar-refractivity contribution in [2.75, 3.05) is 12.3 Å². The van der Waals surface area contributed by atoms with Crippen molar-refractivity contribution < 1.29 is 42.8 Å². The number of halogens is 2. The summed E-state index contributed by atoms with van der Waals surface area (Å²) in [5.41, 5.74) is 8.31. The van der Waals surface area contributed by atoms with Crippen molar-refractivity contribution in [3.63, 3.8) is 0 Å². The van der Waals surface area contributed by atoms with Crippen LogP contribution in [0.1, 0.15) is 97.6 Å². The number of hydrogen-bond acceptors (Lipinski definition) is 10. The van der Waals surface area contributed by atoms with Crippen LogP contribution in [0.4, 0.5) is 14.6 Å². The Bertz CT molecular complexity index is 1740. The molecule has 13 heteroatoms. The number of nitrogens with two attached hydrogens (primary N) is 1. The van der Waals surface area contributed by atoms with Crippen molar-refractivity contribution in [1.82, 2.24) is 9.55 Å². The van der Waals surface area contributed by atoms with Crippen LogP contribution in [-0.4, -0.2) is 68.6 Å². The van der Waals surface area contributed by atoms with E-state index in [1.807, 2.05) is 6.08 Å². The molecular formula is C41H55F2N3O8. The number of aliphatic hydroxyl groups is 2. The van der Waals surface area contributed by atoms with E-state index in [1.165, 1.54) is 12.0 Å². The third kappa shape index (κ3) is 8.58. The number of esters is 2. The SMILES string of the molecule is C=C1/C(=C\C=C2/CCC[C@@]3(C)C2CCC3[C@@H](C)/C=C/C(OC(=O)CCC(=O)OCC2OC(n3ccc(N)nc3=O)C(F)(F)C2O)C2CC2)C[C@@H](O)C[C@@H]1C. The normalized spacial score (nSPS) is 34.9. The number of anilines is 1. The highest BCUT2D eigenvalue weighted by Gasteiger charge is 2.60. The molecule has 6 rings (SSSR count). The second-order valence-corrected chi connectivity index (χ2v) is 16.5. The number of nitrogen functional groups attached to an aromatic ring is 1. The summed E-state index contributed by atoms with van der Waals surface area (Å²) < 4.78 is 46.2. The molecule has 5 aliphatic rings. The summed E-state index contributed by atoms with van der Waals surface area (Å²) in [4.78, 5) is 40.8. The topological polar surface area (TPSA) is 163 Å². The van der Waals surface area contributed by atoms with Crippen molar-refractivity contribution in [3.8, 4) is 0 Å². The van der Waals surface area contributed by atoms with Gasteiger partial charge in [0, 0.05) is 6.20 Å². The number of nitrogens with zero attached hydrogens (tertiary/aromatic N) is 2. The van der Waals surface area contributed by atoms with Gasteiger partial charge in [-0.25, -0.2) is 4.79 Å². The van der Waals surface area contributed by atoms with Crippen LogP contribution in [0.3, 0.4) is 0 Å². The lowest BCUT2D eigenvalue weighted by atomic mass is 9.61. The molecule has 5 fully saturated rings. The van der Waals surface area contributed by atoms with E-state index >= 15 is 0 Å². The van der Waals surface area contributed by atoms with E-state index in [2.05, 4.69) is 50.6 Å². The Labute approximate surface area is 315 Å². The van der Waals surface area contributed by atoms with Gasteiger partial charge in [0.1, 0.15) is 24.6 Å². The van der Waals surface area contributed by atoms with Gasteiger partial charge in [-0.3, -0.25) is 14.2 Å². The fourth-order valence-electron chi connectivity index (χ4n) is 9.37. The monoisotopic (exact) mass is 755 g/mol. The molecule has 296 valence electrons. The molecule has 2 heterocycles. The molecular weight excluding hydrogens is 700 g/mol. The Kier molecular flexibility index (Phi) is 12.0. The Balaban J connectivity index is 0.990. The highest BCUT2D eigenvalue weighted by molar-refractivity contribution is 5.77. The minimum absolute atomic E-state index is 0.163. The van der Waals surface area contributed by atoms with E-state index < -0.39 is 54.7 Å². The smallest absolute Gasteiger partial charge is 0.351 e. The average Bonchev–Trinajstić information content (AvgIpc) is 3.86. The van der Waals surface area contributed by atoms with Crippen LogP contribution >= 0.6 is 0 Å². The zero-order valence-electron chi connectivity index (χ0n) is 31.5. The third-order valence-corrected chi connectivity index (χ3v) is 12.6. The number of rotatable bonds is 12. The number of allylic oxidation sites excluding steroid dienone is 5. The molecule has 6 unspecified atom stereocenters. The van der Waals surface area contributed by atoms with Crippen LogP contribution in [0.15, 0.2) is 64.7 Å². The second kappa shape index (κ2) is 16.2. The largest absolute Gasteiger partial charge is 0.463 e. The van der Waals surface area contributed by atoms with Crippen molar-refractivity contribution in [2.45, 2.75) is 128 Å². The first-order valence-electron chi connectivity index (χ1n) is 19.4. The summed E-state index contributed by atoms with van der Waals surface area (Å²) in [5.74, 6) is -3.68. The summed E-state index contributed by atoms with van der Waals surface area (Å²) in [7, 11) is 0. The maximum Gasteiger partial charge on any atom is 0.351 e. The minimum atomic E-state index is -3.88. The highest BCUT2D eigenvalue weighted by Crippen LogP contribution is 2.59. The summed E-state index contributed by atoms with van der Waals surface area (Å²) >= 11 is 0. The lowest BCUT2D eigenvalue weighted by Crippen LogP contribution is -2.42. The van der Waals surface area contributed by atoms with E-state index in [0.29, 0.717) is 22.8 Å². The molecule has 0 aromatic carbocycles. The molecule has 4 N–H and O–H groups in total. The van der Waals surface area contributed by atoms with Crippen LogP contribution in [0.5, 0.6) is 0 Å². The summed E-state index contributed by atoms with van der Waals surface area (Å²) in [6.45, 7) is 10.4. The van der Waals surface area contributed by atoms with Crippen molar-refractivity contribution in [1.29, 1.82) is 0 Å². The van der Waals surface area contributed by atoms with E-state index in [4.69, 9.17) is 19.9 Å². The van der Waals surface area contributed by atoms with Crippen molar-refractivity contribution >= 4 is 17.8 Å². The summed E-state index contributed by atoms with van der Waals surface area (Å²) in [6.07, 6.45) is 11.2. The number of aliphatic hydroxyl groups excluding tert-OH is 2. The Hall–Kier alpha value is -3.68. The molecule has 0 spiro atoms. The van der Waals surface area contributed by atoms with Gasteiger partial charge in [0.05, 0.1) is 18.9 Å². The molecule has 1 aliphatic heterocycles. The second-order valence-electron chi connectivity index (χ2n) is 16.5. The first-order chi connectivity index (χ1) is 25.6. The number of carbonyl (C=O) groups excluding carboxylic acids is 2. The fraction of sp³-hybridized carbons (Fsp3) is 0.659. The van der Waals surface area contributed by atoms with Crippen molar-refractivity contribution in [2.24, 2.45) is 35.0 Å². The molecule has 0 amide bonds. The third-order valence-electron chi connectivity index (χ3n) is 12.6. The van der Waals surface area contributed by atoms with Gasteiger partial charge in [0.25, 0.3) is 0 Å². The minimum Gasteiger partial charge on any atom is -0.463 e. The van der Waals surface area contributed by atoms with Gasteiger partial charge < -0.3 is 30.2 Å². The number of aromatic nitrogens is 2. The maximum atomic E-state index is 14.8. The highest BCUT2D eigenvalue weighted by atomic mass is 19.3.